The summed E-state index contributed by atoms with van der Waals surface area (Å²) in [6, 6.07) is 0.00285. The zero-order valence-electron chi connectivity index (χ0n) is 10.4. The van der Waals surface area contributed by atoms with E-state index in [1.807, 2.05) is 0 Å². The average Bonchev–Trinajstić information content (AvgIpc) is 2.85. The van der Waals surface area contributed by atoms with Crippen LogP contribution < -0.4 is 4.72 Å². The van der Waals surface area contributed by atoms with Gasteiger partial charge in [-0.05, 0) is 32.6 Å². The molecule has 1 aromatic rings. The third-order valence-corrected chi connectivity index (χ3v) is 5.97. The Morgan fingerprint density at radius 1 is 1.44 bits per heavy atom. The minimum atomic E-state index is -3.53. The maximum atomic E-state index is 12.3. The Morgan fingerprint density at radius 2 is 2.17 bits per heavy atom. The van der Waals surface area contributed by atoms with Crippen molar-refractivity contribution in [2.75, 3.05) is 5.33 Å². The molecule has 0 bridgehead atoms. The predicted molar refractivity (Wildman–Crippen MR) is 71.2 cm³/mol. The molecule has 0 radical (unpaired) electrons. The Morgan fingerprint density at radius 3 is 2.72 bits per heavy atom. The lowest BCUT2D eigenvalue weighted by Crippen LogP contribution is -2.38. The normalized spacial score (nSPS) is 24.6. The Bertz CT molecular complexity index is 507. The van der Waals surface area contributed by atoms with E-state index >= 15 is 0 Å². The van der Waals surface area contributed by atoms with E-state index < -0.39 is 10.0 Å². The fourth-order valence-electron chi connectivity index (χ4n) is 2.49. The first-order valence-electron chi connectivity index (χ1n) is 5.97. The molecule has 7 heteroatoms. The lowest BCUT2D eigenvalue weighted by Gasteiger charge is -2.18. The topological polar surface area (TPSA) is 72.2 Å². The molecule has 2 atom stereocenters. The standard InChI is InChI=1S/C11H17BrN2O3S/c1-7-11(8(2)17-13-7)18(15,16)14-10-5-3-4-9(10)6-12/h9-10,14H,3-6H2,1-2H3. The molecular weight excluding hydrogens is 320 g/mol. The Labute approximate surface area is 115 Å². The quantitative estimate of drug-likeness (QED) is 0.855. The molecule has 102 valence electrons. The third-order valence-electron chi connectivity index (χ3n) is 3.40. The van der Waals surface area contributed by atoms with E-state index in [9.17, 15) is 8.42 Å². The van der Waals surface area contributed by atoms with Crippen LogP contribution in [0.3, 0.4) is 0 Å². The molecule has 0 amide bonds. The van der Waals surface area contributed by atoms with E-state index in [1.54, 1.807) is 13.8 Å². The highest BCUT2D eigenvalue weighted by Crippen LogP contribution is 2.29. The molecule has 0 spiro atoms. The van der Waals surface area contributed by atoms with E-state index in [2.05, 4.69) is 25.8 Å². The SMILES string of the molecule is Cc1noc(C)c1S(=O)(=O)NC1CCCC1CBr. The largest absolute Gasteiger partial charge is 0.360 e. The molecule has 1 aromatic heterocycles. The lowest BCUT2D eigenvalue weighted by molar-refractivity contribution is 0.390. The summed E-state index contributed by atoms with van der Waals surface area (Å²) < 4.78 is 32.4. The highest BCUT2D eigenvalue weighted by Gasteiger charge is 2.33. The van der Waals surface area contributed by atoms with Crippen molar-refractivity contribution in [3.05, 3.63) is 11.5 Å². The van der Waals surface area contributed by atoms with Gasteiger partial charge < -0.3 is 4.52 Å². The number of halogens is 1. The van der Waals surface area contributed by atoms with Gasteiger partial charge in [-0.1, -0.05) is 27.5 Å². The van der Waals surface area contributed by atoms with E-state index in [1.165, 1.54) is 0 Å². The monoisotopic (exact) mass is 336 g/mol. The van der Waals surface area contributed by atoms with Crippen molar-refractivity contribution in [1.29, 1.82) is 0 Å². The number of nitrogens with zero attached hydrogens (tertiary/aromatic N) is 1. The molecule has 5 nitrogen and oxygen atoms in total. The van der Waals surface area contributed by atoms with E-state index in [-0.39, 0.29) is 10.9 Å². The number of nitrogens with one attached hydrogen (secondary N) is 1. The second-order valence-corrected chi connectivity index (χ2v) is 7.02. The molecule has 0 saturated heterocycles. The van der Waals surface area contributed by atoms with Gasteiger partial charge in [0.25, 0.3) is 0 Å². The molecule has 1 heterocycles. The summed E-state index contributed by atoms with van der Waals surface area (Å²) in [4.78, 5) is 0.183. The molecule has 1 saturated carbocycles. The highest BCUT2D eigenvalue weighted by molar-refractivity contribution is 9.09. The molecule has 1 fully saturated rings. The molecular formula is C11H17BrN2O3S. The van der Waals surface area contributed by atoms with Gasteiger partial charge in [-0.15, -0.1) is 0 Å². The van der Waals surface area contributed by atoms with Crippen molar-refractivity contribution < 1.29 is 12.9 Å². The van der Waals surface area contributed by atoms with E-state index in [0.717, 1.165) is 24.6 Å². The minimum absolute atomic E-state index is 0.00285. The molecule has 1 aliphatic carbocycles. The second kappa shape index (κ2) is 5.30. The highest BCUT2D eigenvalue weighted by atomic mass is 79.9. The molecule has 1 aliphatic rings. The predicted octanol–water partition coefficient (Wildman–Crippen LogP) is 2.13. The minimum Gasteiger partial charge on any atom is -0.360 e. The summed E-state index contributed by atoms with van der Waals surface area (Å²) in [6.45, 7) is 3.26. The van der Waals surface area contributed by atoms with E-state index in [4.69, 9.17) is 4.52 Å². The number of sulfonamides is 1. The van der Waals surface area contributed by atoms with Crippen LogP contribution in [-0.2, 0) is 10.0 Å². The number of hydrogen-bond acceptors (Lipinski definition) is 4. The van der Waals surface area contributed by atoms with Gasteiger partial charge in [0.05, 0.1) is 0 Å². The number of rotatable bonds is 4. The molecule has 0 aromatic carbocycles. The molecule has 1 N–H and O–H groups in total. The van der Waals surface area contributed by atoms with Crippen molar-refractivity contribution in [2.45, 2.75) is 44.0 Å². The van der Waals surface area contributed by atoms with Crippen molar-refractivity contribution >= 4 is 26.0 Å². The molecule has 18 heavy (non-hydrogen) atoms. The van der Waals surface area contributed by atoms with Crippen LogP contribution in [0.2, 0.25) is 0 Å². The van der Waals surface area contributed by atoms with Gasteiger partial charge >= 0.3 is 0 Å². The Balaban J connectivity index is 2.23. The van der Waals surface area contributed by atoms with Gasteiger partial charge in [0, 0.05) is 11.4 Å². The van der Waals surface area contributed by atoms with Gasteiger partial charge in [-0.25, -0.2) is 13.1 Å². The molecule has 2 unspecified atom stereocenters. The van der Waals surface area contributed by atoms with Gasteiger partial charge in [-0.2, -0.15) is 0 Å². The van der Waals surface area contributed by atoms with Crippen LogP contribution in [0.5, 0.6) is 0 Å². The first-order valence-corrected chi connectivity index (χ1v) is 8.57. The maximum Gasteiger partial charge on any atom is 0.246 e. The zero-order valence-corrected chi connectivity index (χ0v) is 12.8. The fraction of sp³-hybridized carbons (Fsp3) is 0.727. The van der Waals surface area contributed by atoms with Crippen molar-refractivity contribution in [3.63, 3.8) is 0 Å². The van der Waals surface area contributed by atoms with Crippen LogP contribution in [0, 0.1) is 19.8 Å². The number of aryl methyl sites for hydroxylation is 2. The smallest absolute Gasteiger partial charge is 0.246 e. The summed E-state index contributed by atoms with van der Waals surface area (Å²) in [5.74, 6) is 0.702. The Kier molecular flexibility index (Phi) is 4.13. The fourth-order valence-corrected chi connectivity index (χ4v) is 4.94. The van der Waals surface area contributed by atoms with Gasteiger partial charge in [-0.3, -0.25) is 0 Å². The van der Waals surface area contributed by atoms with E-state index in [0.29, 0.717) is 17.4 Å². The first kappa shape index (κ1) is 14.0. The third kappa shape index (κ3) is 2.62. The van der Waals surface area contributed by atoms with Crippen LogP contribution in [0.15, 0.2) is 9.42 Å². The number of hydrogen-bond donors (Lipinski definition) is 1. The summed E-state index contributed by atoms with van der Waals surface area (Å²) in [5, 5.41) is 4.51. The zero-order chi connectivity index (χ0) is 13.3. The maximum absolute atomic E-state index is 12.3. The van der Waals surface area contributed by atoms with Crippen LogP contribution in [0.4, 0.5) is 0 Å². The second-order valence-electron chi connectivity index (χ2n) is 4.73. The van der Waals surface area contributed by atoms with Crippen LogP contribution in [0.25, 0.3) is 0 Å². The van der Waals surface area contributed by atoms with Gasteiger partial charge in [0.2, 0.25) is 10.0 Å². The number of aromatic nitrogens is 1. The number of alkyl halides is 1. The average molecular weight is 337 g/mol. The molecule has 2 rings (SSSR count). The van der Waals surface area contributed by atoms with Crippen LogP contribution in [0.1, 0.15) is 30.7 Å². The van der Waals surface area contributed by atoms with Crippen molar-refractivity contribution in [1.82, 2.24) is 9.88 Å². The molecule has 0 aliphatic heterocycles. The Hall–Kier alpha value is -0.400. The van der Waals surface area contributed by atoms with Crippen molar-refractivity contribution in [2.24, 2.45) is 5.92 Å². The summed E-state index contributed by atoms with van der Waals surface area (Å²) in [6.07, 6.45) is 3.00. The first-order chi connectivity index (χ1) is 8.45. The summed E-state index contributed by atoms with van der Waals surface area (Å²) in [7, 11) is -3.53. The summed E-state index contributed by atoms with van der Waals surface area (Å²) >= 11 is 3.44. The lowest BCUT2D eigenvalue weighted by atomic mass is 10.1. The summed E-state index contributed by atoms with van der Waals surface area (Å²) in [5.41, 5.74) is 0.411. The van der Waals surface area contributed by atoms with Crippen molar-refractivity contribution in [3.8, 4) is 0 Å². The van der Waals surface area contributed by atoms with Crippen LogP contribution in [-0.4, -0.2) is 24.9 Å². The van der Waals surface area contributed by atoms with Crippen LogP contribution >= 0.6 is 15.9 Å². The van der Waals surface area contributed by atoms with Gasteiger partial charge in [0.15, 0.2) is 5.76 Å². The van der Waals surface area contributed by atoms with Gasteiger partial charge in [0.1, 0.15) is 10.6 Å².